The predicted octanol–water partition coefficient (Wildman–Crippen LogP) is 3.69. The van der Waals surface area contributed by atoms with Crippen molar-refractivity contribution in [2.45, 2.75) is 13.2 Å². The summed E-state index contributed by atoms with van der Waals surface area (Å²) < 4.78 is 29.4. The number of rotatable bonds is 9. The highest BCUT2D eigenvalue weighted by Crippen LogP contribution is 2.19. The molecular formula is C22H21FN2O5S. The Hall–Kier alpha value is -3.46. The van der Waals surface area contributed by atoms with Crippen LogP contribution in [0.15, 0.2) is 53.4 Å². The SMILES string of the molecule is COc1ccc(CN(C)C(=O)COC(=O)c2cccc(OCc3cscn3)c2)cc1F. The van der Waals surface area contributed by atoms with Crippen molar-refractivity contribution in [3.63, 3.8) is 0 Å². The number of amides is 1. The maximum atomic E-state index is 13.8. The lowest BCUT2D eigenvalue weighted by Crippen LogP contribution is -2.30. The standard InChI is InChI=1S/C22H21FN2O5S/c1-25(10-15-6-7-20(28-2)19(23)8-15)21(26)12-30-22(27)16-4-3-5-18(9-16)29-11-17-13-31-14-24-17/h3-9,13-14H,10-12H2,1-2H3. The highest BCUT2D eigenvalue weighted by atomic mass is 32.1. The molecule has 31 heavy (non-hydrogen) atoms. The number of nitrogens with zero attached hydrogens (tertiary/aromatic N) is 2. The first-order chi connectivity index (χ1) is 15.0. The molecule has 1 aromatic heterocycles. The molecule has 0 atom stereocenters. The van der Waals surface area contributed by atoms with E-state index in [0.717, 1.165) is 5.69 Å². The molecule has 0 saturated heterocycles. The van der Waals surface area contributed by atoms with Gasteiger partial charge in [0.15, 0.2) is 18.2 Å². The van der Waals surface area contributed by atoms with Crippen LogP contribution in [-0.4, -0.2) is 42.5 Å². The molecule has 0 aliphatic heterocycles. The third-order valence-electron chi connectivity index (χ3n) is 4.33. The maximum absolute atomic E-state index is 13.8. The molecule has 7 nitrogen and oxygen atoms in total. The van der Waals surface area contributed by atoms with Gasteiger partial charge >= 0.3 is 5.97 Å². The lowest BCUT2D eigenvalue weighted by atomic mass is 10.2. The summed E-state index contributed by atoms with van der Waals surface area (Å²) >= 11 is 1.47. The number of thiazole rings is 1. The van der Waals surface area contributed by atoms with Crippen LogP contribution in [0.1, 0.15) is 21.6 Å². The van der Waals surface area contributed by atoms with Gasteiger partial charge in [-0.3, -0.25) is 4.79 Å². The fourth-order valence-corrected chi connectivity index (χ4v) is 3.21. The van der Waals surface area contributed by atoms with Gasteiger partial charge in [-0.1, -0.05) is 12.1 Å². The molecule has 0 saturated carbocycles. The van der Waals surface area contributed by atoms with Crippen molar-refractivity contribution in [3.8, 4) is 11.5 Å². The van der Waals surface area contributed by atoms with E-state index in [-0.39, 0.29) is 24.5 Å². The summed E-state index contributed by atoms with van der Waals surface area (Å²) in [7, 11) is 2.93. The van der Waals surface area contributed by atoms with Crippen LogP contribution in [0.4, 0.5) is 4.39 Å². The number of carbonyl (C=O) groups excluding carboxylic acids is 2. The number of hydrogen-bond donors (Lipinski definition) is 0. The van der Waals surface area contributed by atoms with Gasteiger partial charge in [-0.2, -0.15) is 0 Å². The number of hydrogen-bond acceptors (Lipinski definition) is 7. The van der Waals surface area contributed by atoms with Gasteiger partial charge < -0.3 is 19.1 Å². The van der Waals surface area contributed by atoms with Crippen molar-refractivity contribution >= 4 is 23.2 Å². The van der Waals surface area contributed by atoms with Crippen LogP contribution < -0.4 is 9.47 Å². The molecule has 3 aromatic rings. The van der Waals surface area contributed by atoms with Gasteiger partial charge in [-0.15, -0.1) is 11.3 Å². The Labute approximate surface area is 183 Å². The molecule has 1 heterocycles. The Kier molecular flexibility index (Phi) is 7.55. The van der Waals surface area contributed by atoms with E-state index in [2.05, 4.69) is 4.98 Å². The second-order valence-electron chi connectivity index (χ2n) is 6.59. The van der Waals surface area contributed by atoms with Gasteiger partial charge in [0.05, 0.1) is 23.9 Å². The van der Waals surface area contributed by atoms with E-state index in [1.54, 1.807) is 42.9 Å². The summed E-state index contributed by atoms with van der Waals surface area (Å²) in [5, 5.41) is 1.88. The number of aromatic nitrogens is 1. The number of benzene rings is 2. The number of carbonyl (C=O) groups is 2. The van der Waals surface area contributed by atoms with Crippen molar-refractivity contribution in [2.24, 2.45) is 0 Å². The van der Waals surface area contributed by atoms with E-state index < -0.39 is 24.3 Å². The summed E-state index contributed by atoms with van der Waals surface area (Å²) in [6.45, 7) is 0.0202. The van der Waals surface area contributed by atoms with Crippen molar-refractivity contribution < 1.29 is 28.2 Å². The van der Waals surface area contributed by atoms with Crippen molar-refractivity contribution in [1.29, 1.82) is 0 Å². The molecule has 1 amide bonds. The summed E-state index contributed by atoms with van der Waals surface area (Å²) in [5.74, 6) is -0.946. The summed E-state index contributed by atoms with van der Waals surface area (Å²) in [6.07, 6.45) is 0. The smallest absolute Gasteiger partial charge is 0.338 e. The summed E-state index contributed by atoms with van der Waals surface area (Å²) in [5.41, 5.74) is 3.36. The monoisotopic (exact) mass is 444 g/mol. The normalized spacial score (nSPS) is 10.4. The molecule has 0 radical (unpaired) electrons. The van der Waals surface area contributed by atoms with Gasteiger partial charge in [0.2, 0.25) is 0 Å². The topological polar surface area (TPSA) is 78.0 Å². The number of likely N-dealkylation sites (N-methyl/N-ethyl adjacent to an activating group) is 1. The van der Waals surface area contributed by atoms with Crippen LogP contribution in [0.25, 0.3) is 0 Å². The molecule has 3 rings (SSSR count). The minimum Gasteiger partial charge on any atom is -0.494 e. The fourth-order valence-electron chi connectivity index (χ4n) is 2.67. The highest BCUT2D eigenvalue weighted by molar-refractivity contribution is 7.07. The summed E-state index contributed by atoms with van der Waals surface area (Å²) in [4.78, 5) is 30.1. The fraction of sp³-hybridized carbons (Fsp3) is 0.227. The van der Waals surface area contributed by atoms with Gasteiger partial charge in [0.1, 0.15) is 12.4 Å². The van der Waals surface area contributed by atoms with E-state index in [4.69, 9.17) is 14.2 Å². The largest absolute Gasteiger partial charge is 0.494 e. The molecule has 0 bridgehead atoms. The van der Waals surface area contributed by atoms with Crippen LogP contribution in [0.5, 0.6) is 11.5 Å². The van der Waals surface area contributed by atoms with Crippen LogP contribution >= 0.6 is 11.3 Å². The van der Waals surface area contributed by atoms with Crippen LogP contribution in [0.3, 0.4) is 0 Å². The number of halogens is 1. The number of ether oxygens (including phenoxy) is 3. The molecule has 0 unspecified atom stereocenters. The molecule has 0 fully saturated rings. The zero-order chi connectivity index (χ0) is 22.2. The van der Waals surface area contributed by atoms with E-state index in [1.165, 1.54) is 35.5 Å². The molecule has 9 heteroatoms. The van der Waals surface area contributed by atoms with Crippen LogP contribution in [0.2, 0.25) is 0 Å². The first-order valence-corrected chi connectivity index (χ1v) is 10.2. The molecule has 2 aromatic carbocycles. The lowest BCUT2D eigenvalue weighted by molar-refractivity contribution is -0.133. The average Bonchev–Trinajstić information content (AvgIpc) is 3.30. The predicted molar refractivity (Wildman–Crippen MR) is 113 cm³/mol. The van der Waals surface area contributed by atoms with Gasteiger partial charge in [0.25, 0.3) is 5.91 Å². The van der Waals surface area contributed by atoms with Crippen LogP contribution in [0, 0.1) is 5.82 Å². The van der Waals surface area contributed by atoms with Gasteiger partial charge in [-0.05, 0) is 35.9 Å². The van der Waals surface area contributed by atoms with E-state index in [9.17, 15) is 14.0 Å². The Morgan fingerprint density at radius 2 is 2.03 bits per heavy atom. The van der Waals surface area contributed by atoms with Gasteiger partial charge in [-0.25, -0.2) is 14.2 Å². The minimum absolute atomic E-state index is 0.129. The zero-order valence-electron chi connectivity index (χ0n) is 17.0. The zero-order valence-corrected chi connectivity index (χ0v) is 17.9. The lowest BCUT2D eigenvalue weighted by Gasteiger charge is -2.17. The third-order valence-corrected chi connectivity index (χ3v) is 4.96. The Morgan fingerprint density at radius 1 is 1.19 bits per heavy atom. The Bertz CT molecular complexity index is 1040. The summed E-state index contributed by atoms with van der Waals surface area (Å²) in [6, 6.07) is 11.0. The van der Waals surface area contributed by atoms with Crippen LogP contribution in [-0.2, 0) is 22.7 Å². The van der Waals surface area contributed by atoms with Crippen molar-refractivity contribution in [3.05, 3.63) is 76.0 Å². The molecule has 162 valence electrons. The Morgan fingerprint density at radius 3 is 2.74 bits per heavy atom. The van der Waals surface area contributed by atoms with E-state index >= 15 is 0 Å². The maximum Gasteiger partial charge on any atom is 0.338 e. The van der Waals surface area contributed by atoms with Crippen molar-refractivity contribution in [2.75, 3.05) is 20.8 Å². The molecule has 0 N–H and O–H groups in total. The minimum atomic E-state index is -0.642. The molecule has 0 spiro atoms. The second-order valence-corrected chi connectivity index (χ2v) is 7.31. The molecule has 0 aliphatic carbocycles. The molecule has 0 aliphatic rings. The number of methoxy groups -OCH3 is 1. The van der Waals surface area contributed by atoms with Gasteiger partial charge in [0, 0.05) is 19.0 Å². The van der Waals surface area contributed by atoms with E-state index in [1.807, 2.05) is 5.38 Å². The second kappa shape index (κ2) is 10.5. The quantitative estimate of drug-likeness (QED) is 0.469. The van der Waals surface area contributed by atoms with E-state index in [0.29, 0.717) is 11.3 Å². The third kappa shape index (κ3) is 6.26. The average molecular weight is 444 g/mol. The Balaban J connectivity index is 1.50. The molecular weight excluding hydrogens is 423 g/mol. The number of esters is 1. The van der Waals surface area contributed by atoms with Crippen molar-refractivity contribution in [1.82, 2.24) is 9.88 Å². The first kappa shape index (κ1) is 22.2. The highest BCUT2D eigenvalue weighted by Gasteiger charge is 2.15. The first-order valence-electron chi connectivity index (χ1n) is 9.29.